The summed E-state index contributed by atoms with van der Waals surface area (Å²) in [7, 11) is 0. The number of benzene rings is 1. The maximum absolute atomic E-state index is 13.3. The van der Waals surface area contributed by atoms with E-state index in [9.17, 15) is 4.39 Å². The number of halogens is 1. The summed E-state index contributed by atoms with van der Waals surface area (Å²) >= 11 is 0. The number of nitrogens with one attached hydrogen (secondary N) is 1. The second-order valence-electron chi connectivity index (χ2n) is 4.87. The van der Waals surface area contributed by atoms with Gasteiger partial charge in [0.1, 0.15) is 5.82 Å². The number of rotatable bonds is 4. The van der Waals surface area contributed by atoms with Gasteiger partial charge in [-0.1, -0.05) is 13.8 Å². The van der Waals surface area contributed by atoms with Gasteiger partial charge in [-0.3, -0.25) is 0 Å². The van der Waals surface area contributed by atoms with Gasteiger partial charge in [-0.15, -0.1) is 0 Å². The van der Waals surface area contributed by atoms with Crippen molar-refractivity contribution in [2.75, 3.05) is 0 Å². The summed E-state index contributed by atoms with van der Waals surface area (Å²) in [5.74, 6) is 0.424. The molecule has 0 aliphatic heterocycles. The van der Waals surface area contributed by atoms with E-state index in [1.54, 1.807) is 25.3 Å². The van der Waals surface area contributed by atoms with Crippen LogP contribution in [0.15, 0.2) is 30.5 Å². The van der Waals surface area contributed by atoms with Crippen molar-refractivity contribution in [3.8, 4) is 11.4 Å². The smallest absolute Gasteiger partial charge is 0.159 e. The average Bonchev–Trinajstić information content (AvgIpc) is 2.40. The molecule has 0 bridgehead atoms. The number of nitrogens with zero attached hydrogens (tertiary/aromatic N) is 2. The van der Waals surface area contributed by atoms with Crippen molar-refractivity contribution >= 4 is 0 Å². The molecule has 2 rings (SSSR count). The number of hydrogen-bond donors (Lipinski definition) is 1. The summed E-state index contributed by atoms with van der Waals surface area (Å²) in [5.41, 5.74) is 2.37. The molecule has 3 nitrogen and oxygen atoms in total. The van der Waals surface area contributed by atoms with Crippen LogP contribution in [0, 0.1) is 12.7 Å². The first kappa shape index (κ1) is 13.6. The van der Waals surface area contributed by atoms with Gasteiger partial charge in [0.25, 0.3) is 0 Å². The summed E-state index contributed by atoms with van der Waals surface area (Å²) in [4.78, 5) is 8.74. The third-order valence-electron chi connectivity index (χ3n) is 2.82. The van der Waals surface area contributed by atoms with Gasteiger partial charge < -0.3 is 5.32 Å². The Hall–Kier alpha value is -1.81. The second-order valence-corrected chi connectivity index (χ2v) is 4.87. The van der Waals surface area contributed by atoms with Crippen LogP contribution in [0.2, 0.25) is 0 Å². The Labute approximate surface area is 112 Å². The fourth-order valence-corrected chi connectivity index (χ4v) is 1.73. The van der Waals surface area contributed by atoms with Gasteiger partial charge in [0.2, 0.25) is 0 Å². The number of aryl methyl sites for hydroxylation is 1. The fraction of sp³-hybridized carbons (Fsp3) is 0.333. The van der Waals surface area contributed by atoms with E-state index in [1.165, 1.54) is 6.07 Å². The molecule has 1 heterocycles. The molecule has 1 aromatic heterocycles. The Morgan fingerprint density at radius 1 is 1.26 bits per heavy atom. The van der Waals surface area contributed by atoms with Gasteiger partial charge in [-0.25, -0.2) is 14.4 Å². The van der Waals surface area contributed by atoms with Gasteiger partial charge >= 0.3 is 0 Å². The summed E-state index contributed by atoms with van der Waals surface area (Å²) in [5, 5.41) is 3.31. The molecule has 0 radical (unpaired) electrons. The zero-order valence-corrected chi connectivity index (χ0v) is 11.4. The lowest BCUT2D eigenvalue weighted by atomic mass is 10.1. The second kappa shape index (κ2) is 5.89. The van der Waals surface area contributed by atoms with Crippen molar-refractivity contribution in [1.82, 2.24) is 15.3 Å². The minimum Gasteiger partial charge on any atom is -0.309 e. The van der Waals surface area contributed by atoms with E-state index in [4.69, 9.17) is 0 Å². The predicted molar refractivity (Wildman–Crippen MR) is 74.1 cm³/mol. The largest absolute Gasteiger partial charge is 0.309 e. The molecular weight excluding hydrogens is 241 g/mol. The average molecular weight is 259 g/mol. The maximum Gasteiger partial charge on any atom is 0.159 e. The van der Waals surface area contributed by atoms with Crippen molar-refractivity contribution < 1.29 is 4.39 Å². The van der Waals surface area contributed by atoms with E-state index < -0.39 is 0 Å². The molecule has 0 amide bonds. The van der Waals surface area contributed by atoms with Gasteiger partial charge in [-0.2, -0.15) is 0 Å². The van der Waals surface area contributed by atoms with Crippen molar-refractivity contribution in [3.05, 3.63) is 47.5 Å². The Kier molecular flexibility index (Phi) is 4.22. The third-order valence-corrected chi connectivity index (χ3v) is 2.82. The molecule has 0 aliphatic carbocycles. The molecule has 0 fully saturated rings. The van der Waals surface area contributed by atoms with Crippen LogP contribution in [0.5, 0.6) is 0 Å². The van der Waals surface area contributed by atoms with Crippen LogP contribution < -0.4 is 5.32 Å². The lowest BCUT2D eigenvalue weighted by molar-refractivity contribution is 0.581. The van der Waals surface area contributed by atoms with Crippen LogP contribution in [0.1, 0.15) is 25.1 Å². The highest BCUT2D eigenvalue weighted by Crippen LogP contribution is 2.18. The number of aromatic nitrogens is 2. The highest BCUT2D eigenvalue weighted by atomic mass is 19.1. The van der Waals surface area contributed by atoms with E-state index in [-0.39, 0.29) is 5.82 Å². The van der Waals surface area contributed by atoms with Crippen LogP contribution in [0.4, 0.5) is 4.39 Å². The van der Waals surface area contributed by atoms with Crippen molar-refractivity contribution in [2.45, 2.75) is 33.4 Å². The lowest BCUT2D eigenvalue weighted by Gasteiger charge is -2.08. The van der Waals surface area contributed by atoms with Crippen LogP contribution >= 0.6 is 0 Å². The minimum atomic E-state index is -0.207. The first-order chi connectivity index (χ1) is 9.06. The van der Waals surface area contributed by atoms with E-state index in [0.717, 1.165) is 11.3 Å². The Morgan fingerprint density at radius 2 is 2.05 bits per heavy atom. The topological polar surface area (TPSA) is 37.8 Å². The Morgan fingerprint density at radius 3 is 2.74 bits per heavy atom. The SMILES string of the molecule is Cc1cc(-c2nccc(CNC(C)C)n2)ccc1F. The molecule has 0 saturated heterocycles. The molecule has 4 heteroatoms. The zero-order valence-electron chi connectivity index (χ0n) is 11.4. The fourth-order valence-electron chi connectivity index (χ4n) is 1.73. The summed E-state index contributed by atoms with van der Waals surface area (Å²) in [6, 6.07) is 7.22. The Balaban J connectivity index is 2.24. The first-order valence-electron chi connectivity index (χ1n) is 6.38. The molecule has 0 spiro atoms. The highest BCUT2D eigenvalue weighted by molar-refractivity contribution is 5.56. The van der Waals surface area contributed by atoms with E-state index in [2.05, 4.69) is 29.1 Å². The van der Waals surface area contributed by atoms with E-state index in [1.807, 2.05) is 6.07 Å². The molecule has 0 saturated carbocycles. The van der Waals surface area contributed by atoms with Gasteiger partial charge in [0.15, 0.2) is 5.82 Å². The standard InChI is InChI=1S/C15H18FN3/c1-10(2)18-9-13-6-7-17-15(19-13)12-4-5-14(16)11(3)8-12/h4-8,10,18H,9H2,1-3H3. The summed E-state index contributed by atoms with van der Waals surface area (Å²) in [6.07, 6.45) is 1.73. The number of hydrogen-bond acceptors (Lipinski definition) is 3. The van der Waals surface area contributed by atoms with Crippen LogP contribution in [0.3, 0.4) is 0 Å². The summed E-state index contributed by atoms with van der Waals surface area (Å²) < 4.78 is 13.3. The van der Waals surface area contributed by atoms with Crippen LogP contribution in [-0.4, -0.2) is 16.0 Å². The van der Waals surface area contributed by atoms with Crippen molar-refractivity contribution in [1.29, 1.82) is 0 Å². The minimum absolute atomic E-state index is 0.207. The predicted octanol–water partition coefficient (Wildman–Crippen LogP) is 3.09. The first-order valence-corrected chi connectivity index (χ1v) is 6.38. The van der Waals surface area contributed by atoms with Crippen molar-refractivity contribution in [2.24, 2.45) is 0 Å². The Bertz CT molecular complexity index is 567. The molecular formula is C15H18FN3. The monoisotopic (exact) mass is 259 g/mol. The third kappa shape index (κ3) is 3.58. The molecule has 0 aliphatic rings. The van der Waals surface area contributed by atoms with Gasteiger partial charge in [0, 0.05) is 24.3 Å². The van der Waals surface area contributed by atoms with E-state index >= 15 is 0 Å². The van der Waals surface area contributed by atoms with Gasteiger partial charge in [0.05, 0.1) is 5.69 Å². The normalized spacial score (nSPS) is 11.0. The van der Waals surface area contributed by atoms with Crippen LogP contribution in [0.25, 0.3) is 11.4 Å². The molecule has 19 heavy (non-hydrogen) atoms. The highest BCUT2D eigenvalue weighted by Gasteiger charge is 2.05. The molecule has 0 atom stereocenters. The summed E-state index contributed by atoms with van der Waals surface area (Å²) in [6.45, 7) is 6.62. The molecule has 1 N–H and O–H groups in total. The van der Waals surface area contributed by atoms with Gasteiger partial charge in [-0.05, 0) is 36.8 Å². The van der Waals surface area contributed by atoms with Crippen molar-refractivity contribution in [3.63, 3.8) is 0 Å². The molecule has 1 aromatic carbocycles. The molecule has 100 valence electrons. The lowest BCUT2D eigenvalue weighted by Crippen LogP contribution is -2.22. The maximum atomic E-state index is 13.3. The van der Waals surface area contributed by atoms with E-state index in [0.29, 0.717) is 24.0 Å². The zero-order chi connectivity index (χ0) is 13.8. The molecule has 0 unspecified atom stereocenters. The van der Waals surface area contributed by atoms with Crippen LogP contribution in [-0.2, 0) is 6.54 Å². The quantitative estimate of drug-likeness (QED) is 0.917. The molecule has 2 aromatic rings.